The number of piperidine rings is 1. The first kappa shape index (κ1) is 29.3. The predicted molar refractivity (Wildman–Crippen MR) is 145 cm³/mol. The lowest BCUT2D eigenvalue weighted by atomic mass is 9.90. The summed E-state index contributed by atoms with van der Waals surface area (Å²) in [5.41, 5.74) is 1.93. The zero-order chi connectivity index (χ0) is 28.8. The van der Waals surface area contributed by atoms with Crippen molar-refractivity contribution in [2.45, 2.75) is 94.6 Å². The summed E-state index contributed by atoms with van der Waals surface area (Å²) in [4.78, 5) is 25.7. The van der Waals surface area contributed by atoms with Crippen LogP contribution in [0.3, 0.4) is 0 Å². The predicted octanol–water partition coefficient (Wildman–Crippen LogP) is 2.18. The molecule has 39 heavy (non-hydrogen) atoms. The molecule has 11 nitrogen and oxygen atoms in total. The van der Waals surface area contributed by atoms with Crippen LogP contribution < -0.4 is 16.1 Å². The number of nitrogens with one attached hydrogen (secondary N) is 3. The van der Waals surface area contributed by atoms with E-state index in [1.54, 1.807) is 32.9 Å². The van der Waals surface area contributed by atoms with Gasteiger partial charge in [0.2, 0.25) is 15.9 Å². The van der Waals surface area contributed by atoms with Gasteiger partial charge in [0.1, 0.15) is 17.3 Å². The van der Waals surface area contributed by atoms with Crippen molar-refractivity contribution in [2.75, 3.05) is 18.9 Å². The topological polar surface area (TPSA) is 144 Å². The van der Waals surface area contributed by atoms with Crippen LogP contribution >= 0.6 is 0 Å². The smallest absolute Gasteiger partial charge is 0.327 e. The third-order valence-electron chi connectivity index (χ3n) is 7.81. The summed E-state index contributed by atoms with van der Waals surface area (Å²) in [7, 11) is -2.65. The van der Waals surface area contributed by atoms with E-state index in [0.717, 1.165) is 23.6 Å². The average Bonchev–Trinajstić information content (AvgIpc) is 3.63. The van der Waals surface area contributed by atoms with E-state index in [0.29, 0.717) is 24.6 Å². The van der Waals surface area contributed by atoms with Crippen LogP contribution in [0.1, 0.15) is 60.3 Å². The molecule has 1 aromatic rings. The minimum absolute atomic E-state index is 0.0291. The van der Waals surface area contributed by atoms with Crippen LogP contribution in [0.5, 0.6) is 0 Å². The number of carbonyl (C=O) groups is 2. The van der Waals surface area contributed by atoms with Crippen molar-refractivity contribution in [1.29, 1.82) is 5.26 Å². The second kappa shape index (κ2) is 10.7. The largest absolute Gasteiger partial charge is 0.459 e. The maximum atomic E-state index is 13.4. The Kier molecular flexibility index (Phi) is 8.02. The number of amides is 1. The van der Waals surface area contributed by atoms with E-state index in [1.165, 1.54) is 33.0 Å². The van der Waals surface area contributed by atoms with Crippen LogP contribution in [0.25, 0.3) is 0 Å². The molecule has 12 heteroatoms. The van der Waals surface area contributed by atoms with Crippen molar-refractivity contribution in [1.82, 2.24) is 20.1 Å². The van der Waals surface area contributed by atoms with Crippen LogP contribution in [-0.4, -0.2) is 72.6 Å². The Morgan fingerprint density at radius 1 is 1.21 bits per heavy atom. The van der Waals surface area contributed by atoms with Gasteiger partial charge in [-0.25, -0.2) is 18.9 Å². The Balaban J connectivity index is 1.50. The van der Waals surface area contributed by atoms with Crippen molar-refractivity contribution in [3.05, 3.63) is 24.3 Å². The van der Waals surface area contributed by atoms with Gasteiger partial charge in [0.15, 0.2) is 0 Å². The fourth-order valence-corrected chi connectivity index (χ4v) is 6.73. The van der Waals surface area contributed by atoms with Crippen LogP contribution in [-0.2, 0) is 24.3 Å². The van der Waals surface area contributed by atoms with Crippen molar-refractivity contribution < 1.29 is 22.7 Å². The van der Waals surface area contributed by atoms with Gasteiger partial charge in [-0.1, -0.05) is 0 Å². The zero-order valence-electron chi connectivity index (χ0n) is 23.5. The summed E-state index contributed by atoms with van der Waals surface area (Å²) < 4.78 is 33.2. The molecule has 0 spiro atoms. The molecule has 3 N–H and O–H groups in total. The highest BCUT2D eigenvalue weighted by Gasteiger charge is 2.52. The van der Waals surface area contributed by atoms with E-state index in [1.807, 2.05) is 0 Å². The first-order chi connectivity index (χ1) is 18.2. The lowest BCUT2D eigenvalue weighted by Gasteiger charge is -2.35. The van der Waals surface area contributed by atoms with Gasteiger partial charge in [-0.2, -0.15) is 9.57 Å². The molecular formula is C27H40N6O5S. The molecule has 3 unspecified atom stereocenters. The average molecular weight is 561 g/mol. The molecule has 2 heterocycles. The number of anilines is 1. The monoisotopic (exact) mass is 560 g/mol. The van der Waals surface area contributed by atoms with E-state index < -0.39 is 33.3 Å². The molecule has 1 aliphatic carbocycles. The third kappa shape index (κ3) is 6.06. The molecule has 1 amide bonds. The number of hydrazine groups is 1. The van der Waals surface area contributed by atoms with E-state index in [4.69, 9.17) is 4.74 Å². The summed E-state index contributed by atoms with van der Waals surface area (Å²) in [6.45, 7) is 8.81. The minimum atomic E-state index is -4.01. The third-order valence-corrected chi connectivity index (χ3v) is 9.85. The SMILES string of the molecule is CN(C(C)(C)C(=O)OC(C)(C)C)S(=O)(=O)c1ccc(NC2NN([C@@H](CC#N)C3CC3)C3CCNC(=O)C23)cc1. The maximum absolute atomic E-state index is 13.4. The Morgan fingerprint density at radius 3 is 2.41 bits per heavy atom. The van der Waals surface area contributed by atoms with Gasteiger partial charge in [-0.05, 0) is 84.1 Å². The Labute approximate surface area is 231 Å². The van der Waals surface area contributed by atoms with Crippen molar-refractivity contribution in [2.24, 2.45) is 11.8 Å². The minimum Gasteiger partial charge on any atom is -0.459 e. The molecule has 3 fully saturated rings. The van der Waals surface area contributed by atoms with Crippen LogP contribution in [0.4, 0.5) is 5.69 Å². The number of rotatable bonds is 9. The summed E-state index contributed by atoms with van der Waals surface area (Å²) >= 11 is 0. The van der Waals surface area contributed by atoms with Gasteiger partial charge in [-0.3, -0.25) is 9.59 Å². The lowest BCUT2D eigenvalue weighted by molar-refractivity contribution is -0.164. The lowest BCUT2D eigenvalue weighted by Crippen LogP contribution is -2.52. The van der Waals surface area contributed by atoms with Crippen LogP contribution in [0.2, 0.25) is 0 Å². The number of nitriles is 1. The van der Waals surface area contributed by atoms with Gasteiger partial charge in [0.25, 0.3) is 0 Å². The summed E-state index contributed by atoms with van der Waals surface area (Å²) in [6, 6.07) is 8.58. The number of fused-ring (bicyclic) bond motifs is 1. The number of benzene rings is 1. The number of carbonyl (C=O) groups excluding carboxylic acids is 2. The van der Waals surface area contributed by atoms with Crippen LogP contribution in [0, 0.1) is 23.2 Å². The fraction of sp³-hybridized carbons (Fsp3) is 0.667. The number of hydrogen-bond acceptors (Lipinski definition) is 9. The summed E-state index contributed by atoms with van der Waals surface area (Å²) in [5.74, 6) is -0.594. The Hall–Kier alpha value is -2.72. The number of ether oxygens (including phenoxy) is 1. The van der Waals surface area contributed by atoms with Crippen molar-refractivity contribution in [3.63, 3.8) is 0 Å². The molecule has 0 radical (unpaired) electrons. The van der Waals surface area contributed by atoms with Crippen molar-refractivity contribution >= 4 is 27.6 Å². The number of likely N-dealkylation sites (N-methyl/N-ethyl adjacent to an activating group) is 1. The Morgan fingerprint density at radius 2 is 1.85 bits per heavy atom. The number of nitrogens with zero attached hydrogens (tertiary/aromatic N) is 3. The molecule has 1 saturated carbocycles. The van der Waals surface area contributed by atoms with E-state index in [-0.39, 0.29) is 28.8 Å². The second-order valence-electron chi connectivity index (χ2n) is 12.2. The molecule has 214 valence electrons. The first-order valence-corrected chi connectivity index (χ1v) is 14.9. The molecule has 3 aliphatic rings. The number of esters is 1. The number of hydrogen-bond donors (Lipinski definition) is 3. The summed E-state index contributed by atoms with van der Waals surface area (Å²) in [6.07, 6.45) is 2.94. The summed E-state index contributed by atoms with van der Waals surface area (Å²) in [5, 5.41) is 17.8. The highest BCUT2D eigenvalue weighted by Crippen LogP contribution is 2.41. The number of sulfonamides is 1. The van der Waals surface area contributed by atoms with E-state index in [2.05, 4.69) is 27.1 Å². The molecule has 0 aromatic heterocycles. The van der Waals surface area contributed by atoms with Crippen molar-refractivity contribution in [3.8, 4) is 6.07 Å². The second-order valence-corrected chi connectivity index (χ2v) is 14.1. The van der Waals surface area contributed by atoms with Gasteiger partial charge in [0, 0.05) is 31.4 Å². The molecule has 4 atom stereocenters. The van der Waals surface area contributed by atoms with Gasteiger partial charge in [0.05, 0.1) is 23.3 Å². The van der Waals surface area contributed by atoms with Crippen LogP contribution in [0.15, 0.2) is 29.2 Å². The first-order valence-electron chi connectivity index (χ1n) is 13.4. The zero-order valence-corrected chi connectivity index (χ0v) is 24.3. The molecular weight excluding hydrogens is 520 g/mol. The standard InChI is InChI=1S/C27H40N6O5S/c1-26(2,3)38-25(35)27(4,5)32(6)39(36,37)19-11-9-18(10-12-19)30-23-22-21(14-16-29-24(22)34)33(31-23)20(13-15-28)17-7-8-17/h9-12,17,20-23,30-31H,7-8,13-14,16H2,1-6H3,(H,29,34)/t20-,21?,22?,23?/m0/s1. The molecule has 0 bridgehead atoms. The Bertz CT molecular complexity index is 1230. The normalized spacial score (nSPS) is 25.0. The highest BCUT2D eigenvalue weighted by molar-refractivity contribution is 7.89. The van der Waals surface area contributed by atoms with E-state index in [9.17, 15) is 23.3 Å². The van der Waals surface area contributed by atoms with Gasteiger partial charge in [-0.15, -0.1) is 0 Å². The van der Waals surface area contributed by atoms with E-state index >= 15 is 0 Å². The molecule has 4 rings (SSSR count). The molecule has 2 aliphatic heterocycles. The highest BCUT2D eigenvalue weighted by atomic mass is 32.2. The van der Waals surface area contributed by atoms with Gasteiger partial charge >= 0.3 is 5.97 Å². The fourth-order valence-electron chi connectivity index (χ4n) is 5.26. The van der Waals surface area contributed by atoms with Gasteiger partial charge < -0.3 is 15.4 Å². The quantitative estimate of drug-likeness (QED) is 0.387. The molecule has 1 aromatic carbocycles. The maximum Gasteiger partial charge on any atom is 0.327 e. The molecule has 2 saturated heterocycles.